The molecule has 0 saturated heterocycles. The fourth-order valence-electron chi connectivity index (χ4n) is 2.05. The van der Waals surface area contributed by atoms with Crippen LogP contribution in [0.2, 0.25) is 0 Å². The summed E-state index contributed by atoms with van der Waals surface area (Å²) in [6.45, 7) is 1.97. The Kier molecular flexibility index (Phi) is 3.59. The van der Waals surface area contributed by atoms with E-state index in [1.807, 2.05) is 37.3 Å². The topological polar surface area (TPSA) is 55.6 Å². The first-order valence-electron chi connectivity index (χ1n) is 6.60. The fraction of sp³-hybridized carbons (Fsp3) is 0.133. The van der Waals surface area contributed by atoms with Crippen LogP contribution in [0.1, 0.15) is 18.5 Å². The summed E-state index contributed by atoms with van der Waals surface area (Å²) >= 11 is 0. The highest BCUT2D eigenvalue weighted by Crippen LogP contribution is 2.19. The molecule has 0 spiro atoms. The zero-order valence-corrected chi connectivity index (χ0v) is 11.4. The summed E-state index contributed by atoms with van der Waals surface area (Å²) in [6, 6.07) is 15.9. The first-order valence-corrected chi connectivity index (χ1v) is 6.60. The summed E-state index contributed by atoms with van der Waals surface area (Å²) in [4.78, 5) is 0. The Balaban J connectivity index is 1.83. The van der Waals surface area contributed by atoms with Crippen molar-refractivity contribution in [2.24, 2.45) is 0 Å². The van der Waals surface area contributed by atoms with Gasteiger partial charge in [0, 0.05) is 0 Å². The summed E-state index contributed by atoms with van der Waals surface area (Å²) in [5.41, 5.74) is 1.83. The highest BCUT2D eigenvalue weighted by Gasteiger charge is 2.12. The van der Waals surface area contributed by atoms with Crippen LogP contribution in [-0.2, 0) is 0 Å². The molecule has 3 rings (SSSR count). The molecule has 0 aliphatic rings. The molecule has 0 aliphatic heterocycles. The van der Waals surface area contributed by atoms with E-state index in [0.29, 0.717) is 5.95 Å². The van der Waals surface area contributed by atoms with E-state index in [1.165, 1.54) is 12.1 Å². The number of benzene rings is 2. The van der Waals surface area contributed by atoms with E-state index in [9.17, 15) is 4.39 Å². The van der Waals surface area contributed by atoms with Gasteiger partial charge in [-0.1, -0.05) is 35.4 Å². The predicted octanol–water partition coefficient (Wildman–Crippen LogP) is 2.97. The average molecular weight is 283 g/mol. The van der Waals surface area contributed by atoms with Crippen LogP contribution in [0.4, 0.5) is 10.3 Å². The Hall–Kier alpha value is -2.76. The van der Waals surface area contributed by atoms with Crippen molar-refractivity contribution in [3.8, 4) is 5.69 Å². The Morgan fingerprint density at radius 2 is 1.76 bits per heavy atom. The lowest BCUT2D eigenvalue weighted by Gasteiger charge is -2.14. The summed E-state index contributed by atoms with van der Waals surface area (Å²) < 4.78 is 14.6. The third-order valence-electron chi connectivity index (χ3n) is 3.19. The molecule has 1 atom stereocenters. The number of halogens is 1. The fourth-order valence-corrected chi connectivity index (χ4v) is 2.05. The van der Waals surface area contributed by atoms with Crippen LogP contribution in [0, 0.1) is 5.82 Å². The third kappa shape index (κ3) is 2.89. The second-order valence-electron chi connectivity index (χ2n) is 4.67. The van der Waals surface area contributed by atoms with E-state index in [4.69, 9.17) is 0 Å². The molecule has 0 saturated carbocycles. The van der Waals surface area contributed by atoms with Gasteiger partial charge in [0.15, 0.2) is 0 Å². The molecule has 1 heterocycles. The summed E-state index contributed by atoms with van der Waals surface area (Å²) in [6.07, 6.45) is 0. The highest BCUT2D eigenvalue weighted by molar-refractivity contribution is 5.40. The number of rotatable bonds is 4. The second kappa shape index (κ2) is 5.70. The number of nitrogens with one attached hydrogen (secondary N) is 1. The van der Waals surface area contributed by atoms with Gasteiger partial charge in [0.2, 0.25) is 5.95 Å². The molecule has 0 amide bonds. The zero-order chi connectivity index (χ0) is 14.7. The van der Waals surface area contributed by atoms with Gasteiger partial charge in [0.1, 0.15) is 5.82 Å². The molecule has 3 aromatic rings. The Bertz CT molecular complexity index is 708. The van der Waals surface area contributed by atoms with E-state index in [0.717, 1.165) is 11.3 Å². The number of para-hydroxylation sites is 1. The molecule has 5 nitrogen and oxygen atoms in total. The minimum Gasteiger partial charge on any atom is -0.346 e. The Morgan fingerprint density at radius 1 is 1.05 bits per heavy atom. The lowest BCUT2D eigenvalue weighted by atomic mass is 10.1. The Labute approximate surface area is 121 Å². The number of hydrogen-bond acceptors (Lipinski definition) is 4. The molecule has 0 aliphatic carbocycles. The number of tetrazole rings is 1. The molecule has 0 bridgehead atoms. The van der Waals surface area contributed by atoms with Gasteiger partial charge in [0.05, 0.1) is 11.7 Å². The van der Waals surface area contributed by atoms with Crippen LogP contribution in [0.3, 0.4) is 0 Å². The lowest BCUT2D eigenvalue weighted by molar-refractivity contribution is 0.626. The SMILES string of the molecule is C[C@@H](Nc1nnnn1-c1ccccc1)c1ccc(F)cc1. The van der Waals surface area contributed by atoms with Crippen LogP contribution in [0.15, 0.2) is 54.6 Å². The third-order valence-corrected chi connectivity index (χ3v) is 3.19. The van der Waals surface area contributed by atoms with Crippen molar-refractivity contribution >= 4 is 5.95 Å². The van der Waals surface area contributed by atoms with Crippen LogP contribution in [0.25, 0.3) is 5.69 Å². The number of nitrogens with zero attached hydrogens (tertiary/aromatic N) is 4. The van der Waals surface area contributed by atoms with Crippen molar-refractivity contribution < 1.29 is 4.39 Å². The maximum absolute atomic E-state index is 13.0. The molecule has 21 heavy (non-hydrogen) atoms. The van der Waals surface area contributed by atoms with Gasteiger partial charge in [-0.15, -0.1) is 0 Å². The van der Waals surface area contributed by atoms with Crippen molar-refractivity contribution in [3.63, 3.8) is 0 Å². The molecule has 2 aromatic carbocycles. The van der Waals surface area contributed by atoms with Gasteiger partial charge in [-0.25, -0.2) is 4.39 Å². The van der Waals surface area contributed by atoms with Crippen molar-refractivity contribution in [1.29, 1.82) is 0 Å². The molecule has 1 aromatic heterocycles. The molecule has 0 fully saturated rings. The molecule has 6 heteroatoms. The van der Waals surface area contributed by atoms with Crippen molar-refractivity contribution in [1.82, 2.24) is 20.2 Å². The number of anilines is 1. The Morgan fingerprint density at radius 3 is 2.48 bits per heavy atom. The second-order valence-corrected chi connectivity index (χ2v) is 4.67. The maximum atomic E-state index is 13.0. The van der Waals surface area contributed by atoms with Crippen LogP contribution >= 0.6 is 0 Å². The van der Waals surface area contributed by atoms with Gasteiger partial charge >= 0.3 is 0 Å². The van der Waals surface area contributed by atoms with E-state index in [1.54, 1.807) is 16.8 Å². The van der Waals surface area contributed by atoms with Gasteiger partial charge in [-0.2, -0.15) is 4.68 Å². The van der Waals surface area contributed by atoms with Crippen LogP contribution in [-0.4, -0.2) is 20.2 Å². The lowest BCUT2D eigenvalue weighted by Crippen LogP contribution is -2.11. The summed E-state index contributed by atoms with van der Waals surface area (Å²) in [5.74, 6) is 0.290. The molecule has 1 N–H and O–H groups in total. The highest BCUT2D eigenvalue weighted by atomic mass is 19.1. The van der Waals surface area contributed by atoms with Gasteiger partial charge in [0.25, 0.3) is 0 Å². The average Bonchev–Trinajstić information content (AvgIpc) is 2.97. The summed E-state index contributed by atoms with van der Waals surface area (Å²) in [7, 11) is 0. The largest absolute Gasteiger partial charge is 0.346 e. The zero-order valence-electron chi connectivity index (χ0n) is 11.4. The molecular formula is C15H14FN5. The minimum absolute atomic E-state index is 0.0425. The molecule has 0 radical (unpaired) electrons. The monoisotopic (exact) mass is 283 g/mol. The molecular weight excluding hydrogens is 269 g/mol. The standard InChI is InChI=1S/C15H14FN5/c1-11(12-7-9-13(16)10-8-12)17-15-18-19-20-21(15)14-5-3-2-4-6-14/h2-11H,1H3,(H,17,18,20)/t11-/m1/s1. The van der Waals surface area contributed by atoms with Gasteiger partial charge in [-0.3, -0.25) is 0 Å². The predicted molar refractivity (Wildman–Crippen MR) is 77.6 cm³/mol. The first-order chi connectivity index (χ1) is 10.2. The van der Waals surface area contributed by atoms with E-state index >= 15 is 0 Å². The van der Waals surface area contributed by atoms with E-state index in [-0.39, 0.29) is 11.9 Å². The first kappa shape index (κ1) is 13.2. The number of hydrogen-bond donors (Lipinski definition) is 1. The van der Waals surface area contributed by atoms with E-state index in [2.05, 4.69) is 20.8 Å². The maximum Gasteiger partial charge on any atom is 0.248 e. The quantitative estimate of drug-likeness (QED) is 0.799. The molecule has 0 unspecified atom stereocenters. The molecule has 106 valence electrons. The normalized spacial score (nSPS) is 12.1. The van der Waals surface area contributed by atoms with E-state index < -0.39 is 0 Å². The van der Waals surface area contributed by atoms with Crippen molar-refractivity contribution in [2.45, 2.75) is 13.0 Å². The number of aromatic nitrogens is 4. The van der Waals surface area contributed by atoms with Crippen LogP contribution in [0.5, 0.6) is 0 Å². The summed E-state index contributed by atoms with van der Waals surface area (Å²) in [5, 5.41) is 14.9. The van der Waals surface area contributed by atoms with Gasteiger partial charge in [-0.05, 0) is 47.2 Å². The van der Waals surface area contributed by atoms with Crippen molar-refractivity contribution in [3.05, 3.63) is 66.0 Å². The smallest absolute Gasteiger partial charge is 0.248 e. The van der Waals surface area contributed by atoms with Crippen molar-refractivity contribution in [2.75, 3.05) is 5.32 Å². The minimum atomic E-state index is -0.250. The van der Waals surface area contributed by atoms with Crippen LogP contribution < -0.4 is 5.32 Å². The van der Waals surface area contributed by atoms with Gasteiger partial charge < -0.3 is 5.32 Å².